The number of amides is 1. The van der Waals surface area contributed by atoms with Gasteiger partial charge in [-0.3, -0.25) is 4.79 Å². The van der Waals surface area contributed by atoms with Gasteiger partial charge in [-0.2, -0.15) is 0 Å². The third-order valence-corrected chi connectivity index (χ3v) is 5.07. The molecule has 4 rings (SSSR count). The topological polar surface area (TPSA) is 59.8 Å². The molecule has 0 saturated heterocycles. The molecule has 0 bridgehead atoms. The van der Waals surface area contributed by atoms with Crippen molar-refractivity contribution in [2.75, 3.05) is 6.54 Å². The SMILES string of the molecule is O=C(NCCc1nncn1C1CC1)c1sccc1C1CC1. The molecule has 2 aromatic rings. The van der Waals surface area contributed by atoms with Crippen LogP contribution in [0.25, 0.3) is 0 Å². The van der Waals surface area contributed by atoms with Crippen LogP contribution in [0.2, 0.25) is 0 Å². The molecule has 1 N–H and O–H groups in total. The van der Waals surface area contributed by atoms with E-state index in [1.807, 2.05) is 5.38 Å². The van der Waals surface area contributed by atoms with E-state index in [2.05, 4.69) is 26.1 Å². The van der Waals surface area contributed by atoms with Crippen LogP contribution < -0.4 is 5.32 Å². The van der Waals surface area contributed by atoms with E-state index in [9.17, 15) is 4.79 Å². The summed E-state index contributed by atoms with van der Waals surface area (Å²) in [6, 6.07) is 2.69. The molecular weight excluding hydrogens is 284 g/mol. The van der Waals surface area contributed by atoms with Gasteiger partial charge in [-0.15, -0.1) is 21.5 Å². The van der Waals surface area contributed by atoms with Crippen LogP contribution in [0.3, 0.4) is 0 Å². The van der Waals surface area contributed by atoms with Crippen LogP contribution in [0, 0.1) is 0 Å². The average molecular weight is 302 g/mol. The van der Waals surface area contributed by atoms with E-state index in [0.29, 0.717) is 18.5 Å². The molecule has 21 heavy (non-hydrogen) atoms. The van der Waals surface area contributed by atoms with Crippen molar-refractivity contribution in [3.8, 4) is 0 Å². The fourth-order valence-corrected chi connectivity index (χ4v) is 3.59. The lowest BCUT2D eigenvalue weighted by atomic mass is 10.1. The highest BCUT2D eigenvalue weighted by Crippen LogP contribution is 2.43. The number of nitrogens with one attached hydrogen (secondary N) is 1. The molecule has 2 saturated carbocycles. The van der Waals surface area contributed by atoms with Gasteiger partial charge in [0.1, 0.15) is 12.2 Å². The Hall–Kier alpha value is -1.69. The Labute approximate surface area is 127 Å². The standard InChI is InChI=1S/C15H18N4OS/c20-15(14-12(6-8-21-14)10-1-2-10)16-7-5-13-18-17-9-19(13)11-3-4-11/h6,8-11H,1-5,7H2,(H,16,20). The Morgan fingerprint density at radius 2 is 2.24 bits per heavy atom. The first-order valence-corrected chi connectivity index (χ1v) is 8.45. The van der Waals surface area contributed by atoms with Gasteiger partial charge in [-0.25, -0.2) is 0 Å². The summed E-state index contributed by atoms with van der Waals surface area (Å²) in [4.78, 5) is 13.2. The van der Waals surface area contributed by atoms with Gasteiger partial charge in [-0.1, -0.05) is 0 Å². The maximum Gasteiger partial charge on any atom is 0.261 e. The lowest BCUT2D eigenvalue weighted by molar-refractivity contribution is 0.0957. The lowest BCUT2D eigenvalue weighted by Crippen LogP contribution is -2.26. The highest BCUT2D eigenvalue weighted by molar-refractivity contribution is 7.12. The number of rotatable bonds is 6. The molecule has 1 amide bonds. The second-order valence-electron chi connectivity index (χ2n) is 5.87. The Kier molecular flexibility index (Phi) is 3.25. The molecule has 2 aliphatic carbocycles. The number of carbonyl (C=O) groups excluding carboxylic acids is 1. The van der Waals surface area contributed by atoms with Crippen LogP contribution in [0.15, 0.2) is 17.8 Å². The molecule has 0 unspecified atom stereocenters. The van der Waals surface area contributed by atoms with Gasteiger partial charge in [0, 0.05) is 19.0 Å². The molecule has 110 valence electrons. The fourth-order valence-electron chi connectivity index (χ4n) is 2.69. The van der Waals surface area contributed by atoms with Gasteiger partial charge in [-0.05, 0) is 48.6 Å². The maximum absolute atomic E-state index is 12.3. The van der Waals surface area contributed by atoms with Crippen LogP contribution in [-0.4, -0.2) is 27.2 Å². The van der Waals surface area contributed by atoms with Crippen molar-refractivity contribution < 1.29 is 4.79 Å². The highest BCUT2D eigenvalue weighted by Gasteiger charge is 2.29. The quantitative estimate of drug-likeness (QED) is 0.892. The summed E-state index contributed by atoms with van der Waals surface area (Å²) in [6.45, 7) is 0.617. The molecule has 0 aromatic carbocycles. The minimum Gasteiger partial charge on any atom is -0.351 e. The van der Waals surface area contributed by atoms with Crippen molar-refractivity contribution in [1.29, 1.82) is 0 Å². The van der Waals surface area contributed by atoms with Gasteiger partial charge in [0.05, 0.1) is 4.88 Å². The largest absolute Gasteiger partial charge is 0.351 e. The van der Waals surface area contributed by atoms with Crippen molar-refractivity contribution in [3.63, 3.8) is 0 Å². The van der Waals surface area contributed by atoms with Gasteiger partial charge in [0.2, 0.25) is 0 Å². The van der Waals surface area contributed by atoms with Crippen LogP contribution in [0.1, 0.15) is 58.7 Å². The molecule has 2 aliphatic rings. The van der Waals surface area contributed by atoms with E-state index in [0.717, 1.165) is 17.1 Å². The molecule has 2 aromatic heterocycles. The molecule has 0 spiro atoms. The van der Waals surface area contributed by atoms with E-state index in [4.69, 9.17) is 0 Å². The van der Waals surface area contributed by atoms with Gasteiger partial charge in [0.15, 0.2) is 0 Å². The van der Waals surface area contributed by atoms with Crippen LogP contribution >= 0.6 is 11.3 Å². The van der Waals surface area contributed by atoms with E-state index in [-0.39, 0.29) is 5.91 Å². The lowest BCUT2D eigenvalue weighted by Gasteiger charge is -2.07. The van der Waals surface area contributed by atoms with Crippen molar-refractivity contribution >= 4 is 17.2 Å². The Morgan fingerprint density at radius 3 is 3.00 bits per heavy atom. The van der Waals surface area contributed by atoms with Crippen LogP contribution in [0.4, 0.5) is 0 Å². The molecule has 0 radical (unpaired) electrons. The summed E-state index contributed by atoms with van der Waals surface area (Å²) < 4.78 is 2.15. The number of thiophene rings is 1. The van der Waals surface area contributed by atoms with Crippen molar-refractivity contribution in [3.05, 3.63) is 34.0 Å². The molecular formula is C15H18N4OS. The Morgan fingerprint density at radius 1 is 1.38 bits per heavy atom. The molecule has 0 aliphatic heterocycles. The first-order valence-electron chi connectivity index (χ1n) is 7.57. The predicted octanol–water partition coefficient (Wildman–Crippen LogP) is 2.52. The second-order valence-corrected chi connectivity index (χ2v) is 6.79. The van der Waals surface area contributed by atoms with Gasteiger partial charge in [0.25, 0.3) is 5.91 Å². The third kappa shape index (κ3) is 2.72. The summed E-state index contributed by atoms with van der Waals surface area (Å²) in [7, 11) is 0. The summed E-state index contributed by atoms with van der Waals surface area (Å²) in [5, 5.41) is 13.2. The first kappa shape index (κ1) is 13.0. The molecule has 2 heterocycles. The summed E-state index contributed by atoms with van der Waals surface area (Å²) >= 11 is 1.55. The fraction of sp³-hybridized carbons (Fsp3) is 0.533. The Balaban J connectivity index is 1.35. The van der Waals surface area contributed by atoms with Crippen molar-refractivity contribution in [2.45, 2.75) is 44.1 Å². The maximum atomic E-state index is 12.3. The van der Waals surface area contributed by atoms with E-state index >= 15 is 0 Å². The number of aromatic nitrogens is 3. The van der Waals surface area contributed by atoms with E-state index in [1.54, 1.807) is 17.7 Å². The van der Waals surface area contributed by atoms with Crippen molar-refractivity contribution in [1.82, 2.24) is 20.1 Å². The van der Waals surface area contributed by atoms with Crippen LogP contribution in [-0.2, 0) is 6.42 Å². The number of carbonyl (C=O) groups is 1. The average Bonchev–Trinajstić information content (AvgIpc) is 3.42. The molecule has 2 fully saturated rings. The normalized spacial score (nSPS) is 17.9. The minimum absolute atomic E-state index is 0.0596. The summed E-state index contributed by atoms with van der Waals surface area (Å²) in [5.41, 5.74) is 1.23. The van der Waals surface area contributed by atoms with Gasteiger partial charge >= 0.3 is 0 Å². The van der Waals surface area contributed by atoms with Crippen molar-refractivity contribution in [2.24, 2.45) is 0 Å². The number of hydrogen-bond donors (Lipinski definition) is 1. The molecule has 0 atom stereocenters. The Bertz CT molecular complexity index is 654. The van der Waals surface area contributed by atoms with Gasteiger partial charge < -0.3 is 9.88 Å². The first-order chi connectivity index (χ1) is 10.3. The van der Waals surface area contributed by atoms with E-state index in [1.165, 1.54) is 31.2 Å². The molecule has 5 nitrogen and oxygen atoms in total. The zero-order valence-electron chi connectivity index (χ0n) is 11.8. The highest BCUT2D eigenvalue weighted by atomic mass is 32.1. The second kappa shape index (κ2) is 5.26. The zero-order valence-corrected chi connectivity index (χ0v) is 12.6. The minimum atomic E-state index is 0.0596. The smallest absolute Gasteiger partial charge is 0.261 e. The van der Waals surface area contributed by atoms with E-state index < -0.39 is 0 Å². The third-order valence-electron chi connectivity index (χ3n) is 4.14. The monoisotopic (exact) mass is 302 g/mol. The predicted molar refractivity (Wildman–Crippen MR) is 80.6 cm³/mol. The summed E-state index contributed by atoms with van der Waals surface area (Å²) in [5.74, 6) is 1.66. The van der Waals surface area contributed by atoms with Crippen LogP contribution in [0.5, 0.6) is 0 Å². The molecule has 6 heteroatoms. The summed E-state index contributed by atoms with van der Waals surface area (Å²) in [6.07, 6.45) is 7.43. The number of nitrogens with zero attached hydrogens (tertiary/aromatic N) is 3. The zero-order chi connectivity index (χ0) is 14.2. The number of hydrogen-bond acceptors (Lipinski definition) is 4.